The highest BCUT2D eigenvalue weighted by Crippen LogP contribution is 2.28. The smallest absolute Gasteiger partial charge is 0.452 e. The van der Waals surface area contributed by atoms with Crippen molar-refractivity contribution in [1.29, 1.82) is 0 Å². The molecule has 0 saturated heterocycles. The quantitative estimate of drug-likeness (QED) is 0.0876. The summed E-state index contributed by atoms with van der Waals surface area (Å²) in [5.74, 6) is 0. The van der Waals surface area contributed by atoms with Gasteiger partial charge in [-0.25, -0.2) is 0 Å². The van der Waals surface area contributed by atoms with Gasteiger partial charge >= 0.3 is 34.5 Å². The van der Waals surface area contributed by atoms with Crippen LogP contribution in [0.4, 0.5) is 0 Å². The Bertz CT molecular complexity index is 1850. The summed E-state index contributed by atoms with van der Waals surface area (Å²) in [7, 11) is -20.3. The van der Waals surface area contributed by atoms with Gasteiger partial charge in [0.05, 0.1) is 0 Å². The molecule has 0 aliphatic rings. The maximum atomic E-state index is 8.22. The normalized spacial score (nSPS) is 14.1. The largest absolute Gasteiger partial charge is 0.499 e. The highest BCUT2D eigenvalue weighted by Gasteiger charge is 2.45. The molecule has 11 nitrogen and oxygen atoms in total. The molecule has 0 atom stereocenters. The molecule has 0 spiro atoms. The average molecular weight is 1170 g/mol. The molecule has 0 heterocycles. The molecule has 0 bridgehead atoms. The minimum Gasteiger partial charge on any atom is -0.452 e. The Hall–Kier alpha value is 0.0826. The number of hydrogen-bond acceptors (Lipinski definition) is 11. The van der Waals surface area contributed by atoms with E-state index in [1.165, 1.54) is 46.3 Å². The second kappa shape index (κ2) is 26.7. The van der Waals surface area contributed by atoms with Crippen LogP contribution in [-0.4, -0.2) is 132 Å². The lowest BCUT2D eigenvalue weighted by atomic mass is 10.4. The van der Waals surface area contributed by atoms with E-state index in [0.29, 0.717) is 0 Å². The SMILES string of the molecule is C=C[Si](C)(C)O[Si](C)(C)O[Si](C)(C)c1ccc([Si](C)(C)O[Si](C)(C)C=C)cc1.CCC[Si](C)(C)O[Si](C)(C)c1ccc([Si](C)(C)O[Si](C)(C)O[Si](C)(C)CC[Si](OC)(OC)OC)cc1.C[Si](C)(O)O. The maximum Gasteiger partial charge on any atom is 0.499 e. The van der Waals surface area contributed by atoms with Crippen LogP contribution in [0, 0.1) is 0 Å². The summed E-state index contributed by atoms with van der Waals surface area (Å²) in [6.45, 7) is 57.9. The summed E-state index contributed by atoms with van der Waals surface area (Å²) in [5.41, 5.74) is 4.00. The summed E-state index contributed by atoms with van der Waals surface area (Å²) < 4.78 is 57.0. The Kier molecular flexibility index (Phi) is 26.8. The Balaban J connectivity index is 0.00000125. The van der Waals surface area contributed by atoms with Crippen LogP contribution in [0.3, 0.4) is 0 Å². The lowest BCUT2D eigenvalue weighted by Crippen LogP contribution is -2.58. The minimum atomic E-state index is -2.61. The van der Waals surface area contributed by atoms with Gasteiger partial charge < -0.3 is 47.6 Å². The Morgan fingerprint density at radius 1 is 0.391 bits per heavy atom. The van der Waals surface area contributed by atoms with Crippen LogP contribution in [0.25, 0.3) is 0 Å². The van der Waals surface area contributed by atoms with Crippen molar-refractivity contribution in [3.8, 4) is 0 Å². The van der Waals surface area contributed by atoms with Gasteiger partial charge in [-0.15, -0.1) is 13.2 Å². The molecule has 0 aromatic heterocycles. The van der Waals surface area contributed by atoms with Crippen molar-refractivity contribution < 1.29 is 47.6 Å². The number of rotatable bonds is 26. The molecule has 2 aromatic carbocycles. The van der Waals surface area contributed by atoms with E-state index in [1.807, 2.05) is 11.4 Å². The molecule has 0 fully saturated rings. The standard InChI is InChI=1S/C24H54O6Si6.C20H40O3Si5.C2H8O2Si/c1-15-20-31(5,6)28-33(9,10)23-16-18-24(19-17-23)34(11,12)30-35(13,14)29-32(7,8)21-22-36(25-2,26-3)27-4;1-13-24(3,4)21-26(7,8)19-15-17-20(18-16-19)27(9,10)23-28(11,12)22-25(5,6)14-2;1-5(2,3)4/h16-19H,15,20-22H2,1-14H3;13-18H,1-2H2,3-12H3;3-4H,1-2H3. The van der Waals surface area contributed by atoms with Crippen molar-refractivity contribution in [2.75, 3.05) is 21.3 Å². The van der Waals surface area contributed by atoms with Crippen LogP contribution < -0.4 is 20.7 Å². The molecule has 2 rings (SSSR count). The number of hydrogen-bond donors (Lipinski definition) is 2. The van der Waals surface area contributed by atoms with E-state index in [0.717, 1.165) is 12.1 Å². The zero-order valence-electron chi connectivity index (χ0n) is 48.6. The third-order valence-electron chi connectivity index (χ3n) is 11.4. The summed E-state index contributed by atoms with van der Waals surface area (Å²) in [6.07, 6.45) is 1.19. The molecule has 0 radical (unpaired) electrons. The van der Waals surface area contributed by atoms with Gasteiger partial charge in [0.2, 0.25) is 33.3 Å². The van der Waals surface area contributed by atoms with Crippen molar-refractivity contribution in [1.82, 2.24) is 0 Å². The van der Waals surface area contributed by atoms with E-state index in [2.05, 4.69) is 200 Å². The summed E-state index contributed by atoms with van der Waals surface area (Å²) in [5, 5.41) is 5.27. The van der Waals surface area contributed by atoms with Gasteiger partial charge in [0.25, 0.3) is 0 Å². The van der Waals surface area contributed by atoms with Crippen LogP contribution in [0.1, 0.15) is 13.3 Å². The Morgan fingerprint density at radius 2 is 0.652 bits per heavy atom. The molecule has 0 amide bonds. The molecule has 69 heavy (non-hydrogen) atoms. The second-order valence-electron chi connectivity index (χ2n) is 23.8. The molecule has 400 valence electrons. The predicted octanol–water partition coefficient (Wildman–Crippen LogP) is 10.8. The molecule has 23 heteroatoms. The van der Waals surface area contributed by atoms with E-state index in [9.17, 15) is 0 Å². The molecular weight excluding hydrogens is 1070 g/mol. The van der Waals surface area contributed by atoms with E-state index in [1.54, 1.807) is 21.3 Å². The first-order chi connectivity index (χ1) is 30.7. The average Bonchev–Trinajstić information content (AvgIpc) is 3.16. The molecular formula is C46H102O11Si12. The molecule has 0 unspecified atom stereocenters. The van der Waals surface area contributed by atoms with Crippen LogP contribution in [0.15, 0.2) is 73.1 Å². The van der Waals surface area contributed by atoms with Crippen LogP contribution >= 0.6 is 0 Å². The predicted molar refractivity (Wildman–Crippen MR) is 327 cm³/mol. The Labute approximate surface area is 436 Å². The zero-order chi connectivity index (χ0) is 54.6. The summed E-state index contributed by atoms with van der Waals surface area (Å²) in [4.78, 5) is 16.4. The van der Waals surface area contributed by atoms with E-state index in [-0.39, 0.29) is 0 Å². The fraction of sp³-hybridized carbons (Fsp3) is 0.652. The van der Waals surface area contributed by atoms with E-state index >= 15 is 0 Å². The highest BCUT2D eigenvalue weighted by molar-refractivity contribution is 6.96. The molecule has 2 aromatic rings. The van der Waals surface area contributed by atoms with Crippen LogP contribution in [0.2, 0.25) is 162 Å². The summed E-state index contributed by atoms with van der Waals surface area (Å²) in [6, 6.07) is 20.9. The fourth-order valence-corrected chi connectivity index (χ4v) is 53.8. The van der Waals surface area contributed by atoms with Crippen molar-refractivity contribution in [2.24, 2.45) is 0 Å². The van der Waals surface area contributed by atoms with Gasteiger partial charge in [0.15, 0.2) is 33.3 Å². The van der Waals surface area contributed by atoms with Gasteiger partial charge in [-0.2, -0.15) is 0 Å². The van der Waals surface area contributed by atoms with Gasteiger partial charge in [-0.05, 0) is 177 Å². The fourth-order valence-electron chi connectivity index (χ4n) is 8.50. The maximum absolute atomic E-state index is 8.22. The Morgan fingerprint density at radius 3 is 0.942 bits per heavy atom. The molecule has 0 saturated carbocycles. The molecule has 2 N–H and O–H groups in total. The zero-order valence-corrected chi connectivity index (χ0v) is 60.6. The highest BCUT2D eigenvalue weighted by atomic mass is 28.5. The van der Waals surface area contributed by atoms with Crippen LogP contribution in [-0.2, 0) is 38.0 Å². The lowest BCUT2D eigenvalue weighted by Gasteiger charge is -2.39. The lowest BCUT2D eigenvalue weighted by molar-refractivity contribution is 0.124. The van der Waals surface area contributed by atoms with Crippen molar-refractivity contribution in [3.63, 3.8) is 0 Å². The molecule has 0 aliphatic carbocycles. The first-order valence-electron chi connectivity index (χ1n) is 24.5. The first kappa shape index (κ1) is 69.1. The third kappa shape index (κ3) is 26.4. The second-order valence-corrected chi connectivity index (χ2v) is 70.0. The van der Waals surface area contributed by atoms with E-state index < -0.39 is 101 Å². The monoisotopic (exact) mass is 1170 g/mol. The number of benzene rings is 2. The van der Waals surface area contributed by atoms with Crippen LogP contribution in [0.5, 0.6) is 0 Å². The van der Waals surface area contributed by atoms with Gasteiger partial charge in [0.1, 0.15) is 0 Å². The van der Waals surface area contributed by atoms with Crippen molar-refractivity contribution in [3.05, 3.63) is 73.1 Å². The van der Waals surface area contributed by atoms with Gasteiger partial charge in [0, 0.05) is 27.4 Å². The third-order valence-corrected chi connectivity index (χ3v) is 51.3. The summed E-state index contributed by atoms with van der Waals surface area (Å²) >= 11 is 0. The van der Waals surface area contributed by atoms with Gasteiger partial charge in [-0.1, -0.05) is 73.3 Å². The van der Waals surface area contributed by atoms with E-state index in [4.69, 9.17) is 47.6 Å². The van der Waals surface area contributed by atoms with Gasteiger partial charge in [-0.3, -0.25) is 0 Å². The topological polar surface area (TPSA) is 124 Å². The molecule has 0 aliphatic heterocycles. The first-order valence-corrected chi connectivity index (χ1v) is 58.8. The van der Waals surface area contributed by atoms with Crippen molar-refractivity contribution in [2.45, 2.75) is 176 Å². The van der Waals surface area contributed by atoms with Crippen molar-refractivity contribution >= 4 is 122 Å². The minimum absolute atomic E-state index is 0.752.